The zero-order chi connectivity index (χ0) is 18.8. The van der Waals surface area contributed by atoms with Gasteiger partial charge in [0, 0.05) is 13.0 Å². The minimum atomic E-state index is -0.600. The van der Waals surface area contributed by atoms with Gasteiger partial charge in [-0.2, -0.15) is 0 Å². The van der Waals surface area contributed by atoms with Crippen LogP contribution in [0.5, 0.6) is 0 Å². The van der Waals surface area contributed by atoms with Crippen molar-refractivity contribution in [3.63, 3.8) is 0 Å². The molecule has 2 amide bonds. The average Bonchev–Trinajstić information content (AvgIpc) is 2.67. The molecule has 0 fully saturated rings. The molecule has 2 aromatic rings. The summed E-state index contributed by atoms with van der Waals surface area (Å²) in [5.74, 6) is -0.881. The number of hydrogen-bond donors (Lipinski definition) is 2. The quantitative estimate of drug-likeness (QED) is 0.744. The Morgan fingerprint density at radius 1 is 0.962 bits per heavy atom. The number of hydrogen-bond acceptors (Lipinski definition) is 5. The summed E-state index contributed by atoms with van der Waals surface area (Å²) in [5.41, 5.74) is 1.49. The summed E-state index contributed by atoms with van der Waals surface area (Å²) < 4.78 is 9.72. The van der Waals surface area contributed by atoms with Gasteiger partial charge in [0.15, 0.2) is 0 Å². The molecule has 0 aliphatic rings. The molecule has 0 aliphatic heterocycles. The Kier molecular flexibility index (Phi) is 7.17. The number of benzene rings is 2. The van der Waals surface area contributed by atoms with Gasteiger partial charge in [-0.15, -0.1) is 0 Å². The normalized spacial score (nSPS) is 9.88. The van der Waals surface area contributed by atoms with E-state index in [-0.39, 0.29) is 31.0 Å². The summed E-state index contributed by atoms with van der Waals surface area (Å²) in [6, 6.07) is 15.8. The van der Waals surface area contributed by atoms with Crippen LogP contribution in [-0.2, 0) is 20.9 Å². The van der Waals surface area contributed by atoms with Crippen molar-refractivity contribution >= 4 is 23.7 Å². The Hall–Kier alpha value is -3.35. The van der Waals surface area contributed by atoms with Crippen LogP contribution in [0, 0.1) is 0 Å². The third-order valence-corrected chi connectivity index (χ3v) is 3.44. The van der Waals surface area contributed by atoms with Crippen molar-refractivity contribution < 1.29 is 23.9 Å². The highest BCUT2D eigenvalue weighted by atomic mass is 16.5. The molecule has 0 aliphatic carbocycles. The summed E-state index contributed by atoms with van der Waals surface area (Å²) in [7, 11) is 1.27. The number of alkyl carbamates (subject to hydrolysis) is 1. The minimum absolute atomic E-state index is 0.0376. The third-order valence-electron chi connectivity index (χ3n) is 3.44. The van der Waals surface area contributed by atoms with Crippen molar-refractivity contribution in [2.75, 3.05) is 19.0 Å². The van der Waals surface area contributed by atoms with Crippen LogP contribution in [0.1, 0.15) is 22.3 Å². The van der Waals surface area contributed by atoms with Gasteiger partial charge in [0.1, 0.15) is 6.61 Å². The average molecular weight is 356 g/mol. The monoisotopic (exact) mass is 356 g/mol. The molecule has 7 nitrogen and oxygen atoms in total. The lowest BCUT2D eigenvalue weighted by Gasteiger charge is -2.10. The Bertz CT molecular complexity index is 762. The smallest absolute Gasteiger partial charge is 0.407 e. The maximum atomic E-state index is 12.0. The molecule has 0 atom stereocenters. The number of esters is 1. The zero-order valence-corrected chi connectivity index (χ0v) is 14.4. The predicted molar refractivity (Wildman–Crippen MR) is 95.7 cm³/mol. The molecule has 0 radical (unpaired) electrons. The van der Waals surface area contributed by atoms with Crippen LogP contribution in [0.25, 0.3) is 0 Å². The second kappa shape index (κ2) is 9.83. The third kappa shape index (κ3) is 5.94. The summed E-state index contributed by atoms with van der Waals surface area (Å²) in [6.45, 7) is 0.269. The summed E-state index contributed by atoms with van der Waals surface area (Å²) in [5, 5.41) is 5.13. The molecule has 0 saturated carbocycles. The molecule has 0 aromatic heterocycles. The molecule has 2 aromatic carbocycles. The fourth-order valence-electron chi connectivity index (χ4n) is 2.15. The van der Waals surface area contributed by atoms with E-state index < -0.39 is 12.1 Å². The van der Waals surface area contributed by atoms with E-state index in [2.05, 4.69) is 15.4 Å². The number of carbonyl (C=O) groups is 3. The molecule has 26 heavy (non-hydrogen) atoms. The van der Waals surface area contributed by atoms with Crippen molar-refractivity contribution in [3.05, 3.63) is 65.7 Å². The topological polar surface area (TPSA) is 93.7 Å². The molecule has 0 spiro atoms. The second-order valence-electron chi connectivity index (χ2n) is 5.32. The Balaban J connectivity index is 1.74. The van der Waals surface area contributed by atoms with Crippen LogP contribution >= 0.6 is 0 Å². The largest absolute Gasteiger partial charge is 0.465 e. The van der Waals surface area contributed by atoms with E-state index in [1.165, 1.54) is 7.11 Å². The first kappa shape index (κ1) is 19.0. The molecular formula is C19H20N2O5. The molecule has 0 unspecified atom stereocenters. The van der Waals surface area contributed by atoms with Crippen LogP contribution in [0.3, 0.4) is 0 Å². The number of carbonyl (C=O) groups excluding carboxylic acids is 3. The number of ether oxygens (including phenoxy) is 2. The number of amides is 2. The van der Waals surface area contributed by atoms with Gasteiger partial charge in [-0.3, -0.25) is 4.79 Å². The van der Waals surface area contributed by atoms with Crippen molar-refractivity contribution in [2.24, 2.45) is 0 Å². The van der Waals surface area contributed by atoms with Gasteiger partial charge in [0.05, 0.1) is 18.4 Å². The van der Waals surface area contributed by atoms with E-state index in [9.17, 15) is 14.4 Å². The van der Waals surface area contributed by atoms with Gasteiger partial charge < -0.3 is 20.1 Å². The molecule has 136 valence electrons. The highest BCUT2D eigenvalue weighted by Crippen LogP contribution is 2.16. The predicted octanol–water partition coefficient (Wildman–Crippen LogP) is 2.73. The van der Waals surface area contributed by atoms with Gasteiger partial charge in [0.2, 0.25) is 5.91 Å². The van der Waals surface area contributed by atoms with Crippen molar-refractivity contribution in [1.29, 1.82) is 0 Å². The maximum absolute atomic E-state index is 12.0. The van der Waals surface area contributed by atoms with Crippen LogP contribution in [0.15, 0.2) is 54.6 Å². The van der Waals surface area contributed by atoms with Gasteiger partial charge in [-0.25, -0.2) is 9.59 Å². The van der Waals surface area contributed by atoms with E-state index in [1.807, 2.05) is 30.3 Å². The van der Waals surface area contributed by atoms with E-state index in [4.69, 9.17) is 4.74 Å². The van der Waals surface area contributed by atoms with Crippen LogP contribution in [-0.4, -0.2) is 31.6 Å². The van der Waals surface area contributed by atoms with E-state index in [0.29, 0.717) is 5.69 Å². The first-order valence-corrected chi connectivity index (χ1v) is 8.02. The highest BCUT2D eigenvalue weighted by Gasteiger charge is 2.13. The highest BCUT2D eigenvalue weighted by molar-refractivity contribution is 6.01. The molecule has 2 N–H and O–H groups in total. The lowest BCUT2D eigenvalue weighted by molar-refractivity contribution is -0.116. The molecule has 2 rings (SSSR count). The van der Waals surface area contributed by atoms with Crippen LogP contribution in [0.2, 0.25) is 0 Å². The lowest BCUT2D eigenvalue weighted by Crippen LogP contribution is -2.28. The fraction of sp³-hybridized carbons (Fsp3) is 0.211. The van der Waals surface area contributed by atoms with E-state index >= 15 is 0 Å². The summed E-state index contributed by atoms with van der Waals surface area (Å²) in [4.78, 5) is 35.3. The molecule has 0 bridgehead atoms. The second-order valence-corrected chi connectivity index (χ2v) is 5.32. The zero-order valence-electron chi connectivity index (χ0n) is 14.4. The fourth-order valence-corrected chi connectivity index (χ4v) is 2.15. The number of rotatable bonds is 7. The molecule has 0 heterocycles. The maximum Gasteiger partial charge on any atom is 0.407 e. The van der Waals surface area contributed by atoms with E-state index in [0.717, 1.165) is 5.56 Å². The Morgan fingerprint density at radius 3 is 2.38 bits per heavy atom. The molecule has 7 heteroatoms. The van der Waals surface area contributed by atoms with Crippen LogP contribution in [0.4, 0.5) is 10.5 Å². The Morgan fingerprint density at radius 2 is 1.65 bits per heavy atom. The standard InChI is InChI=1S/C19H20N2O5/c1-25-18(23)15-9-5-6-10-16(15)21-17(22)11-12-20-19(24)26-13-14-7-3-2-4-8-14/h2-10H,11-13H2,1H3,(H,20,24)(H,21,22). The van der Waals surface area contributed by atoms with Crippen molar-refractivity contribution in [2.45, 2.75) is 13.0 Å². The number of anilines is 1. The number of para-hydroxylation sites is 1. The van der Waals surface area contributed by atoms with Crippen LogP contribution < -0.4 is 10.6 Å². The van der Waals surface area contributed by atoms with Gasteiger partial charge in [-0.05, 0) is 17.7 Å². The van der Waals surface area contributed by atoms with Gasteiger partial charge in [0.25, 0.3) is 0 Å². The number of methoxy groups -OCH3 is 1. The lowest BCUT2D eigenvalue weighted by atomic mass is 10.1. The SMILES string of the molecule is COC(=O)c1ccccc1NC(=O)CCNC(=O)OCc1ccccc1. The van der Waals surface area contributed by atoms with Crippen molar-refractivity contribution in [3.8, 4) is 0 Å². The Labute approximate surface area is 151 Å². The van der Waals surface area contributed by atoms with E-state index in [1.54, 1.807) is 24.3 Å². The first-order chi connectivity index (χ1) is 12.6. The summed E-state index contributed by atoms with van der Waals surface area (Å²) >= 11 is 0. The summed E-state index contributed by atoms with van der Waals surface area (Å²) in [6.07, 6.45) is -0.563. The van der Waals surface area contributed by atoms with Gasteiger partial charge in [-0.1, -0.05) is 42.5 Å². The van der Waals surface area contributed by atoms with Gasteiger partial charge >= 0.3 is 12.1 Å². The first-order valence-electron chi connectivity index (χ1n) is 8.02. The molecule has 0 saturated heterocycles. The number of nitrogens with one attached hydrogen (secondary N) is 2. The molecular weight excluding hydrogens is 336 g/mol. The van der Waals surface area contributed by atoms with Crippen molar-refractivity contribution in [1.82, 2.24) is 5.32 Å². The minimum Gasteiger partial charge on any atom is -0.465 e.